The van der Waals surface area contributed by atoms with E-state index >= 15 is 0 Å². The summed E-state index contributed by atoms with van der Waals surface area (Å²) in [7, 11) is 1.99. The molecule has 3 heteroatoms. The van der Waals surface area contributed by atoms with Gasteiger partial charge < -0.3 is 10.1 Å². The Bertz CT molecular complexity index is 421. The van der Waals surface area contributed by atoms with Crippen LogP contribution in [0.5, 0.6) is 5.75 Å². The highest BCUT2D eigenvalue weighted by atomic mass is 19.1. The van der Waals surface area contributed by atoms with E-state index in [0.29, 0.717) is 6.04 Å². The molecule has 1 N–H and O–H groups in total. The van der Waals surface area contributed by atoms with Crippen LogP contribution in [0.1, 0.15) is 38.2 Å². The lowest BCUT2D eigenvalue weighted by Gasteiger charge is -2.36. The van der Waals surface area contributed by atoms with Crippen LogP contribution in [0, 0.1) is 18.7 Å². The number of hydrogen-bond donors (Lipinski definition) is 1. The summed E-state index contributed by atoms with van der Waals surface area (Å²) in [5.74, 6) is 1.35. The van der Waals surface area contributed by atoms with Crippen molar-refractivity contribution in [3.05, 3.63) is 29.6 Å². The van der Waals surface area contributed by atoms with Crippen molar-refractivity contribution < 1.29 is 9.13 Å². The standard InChI is InChI=1S/C16H24FNO/c1-4-12-5-7-14(18-3)16(10-12)19-15-8-6-13(17)9-11(15)2/h6,8-9,12,14,16,18H,4-5,7,10H2,1-3H3. The molecule has 2 nitrogen and oxygen atoms in total. The number of hydrogen-bond acceptors (Lipinski definition) is 2. The quantitative estimate of drug-likeness (QED) is 0.896. The molecule has 0 spiro atoms. The van der Waals surface area contributed by atoms with Crippen LogP contribution in [0.4, 0.5) is 4.39 Å². The number of rotatable bonds is 4. The third kappa shape index (κ3) is 3.47. The molecule has 1 aromatic rings. The van der Waals surface area contributed by atoms with Crippen LogP contribution in [-0.2, 0) is 0 Å². The van der Waals surface area contributed by atoms with E-state index in [1.165, 1.54) is 25.0 Å². The van der Waals surface area contributed by atoms with Crippen LogP contribution in [0.25, 0.3) is 0 Å². The molecule has 3 unspecified atom stereocenters. The molecule has 1 aliphatic rings. The Kier molecular flexibility index (Phi) is 4.81. The molecule has 0 heterocycles. The molecule has 2 rings (SSSR count). The summed E-state index contributed by atoms with van der Waals surface area (Å²) in [4.78, 5) is 0. The molecule has 106 valence electrons. The van der Waals surface area contributed by atoms with Gasteiger partial charge in [0.2, 0.25) is 0 Å². The van der Waals surface area contributed by atoms with Crippen molar-refractivity contribution in [2.45, 2.75) is 51.7 Å². The first-order chi connectivity index (χ1) is 9.13. The highest BCUT2D eigenvalue weighted by Gasteiger charge is 2.30. The molecule has 0 bridgehead atoms. The van der Waals surface area contributed by atoms with Gasteiger partial charge in [-0.1, -0.05) is 13.3 Å². The monoisotopic (exact) mass is 265 g/mol. The Morgan fingerprint density at radius 1 is 1.37 bits per heavy atom. The predicted octanol–water partition coefficient (Wildman–Crippen LogP) is 3.68. The molecule has 0 aliphatic heterocycles. The minimum atomic E-state index is -0.204. The number of ether oxygens (including phenoxy) is 1. The van der Waals surface area contributed by atoms with Crippen LogP contribution in [-0.4, -0.2) is 19.2 Å². The largest absolute Gasteiger partial charge is 0.489 e. The van der Waals surface area contributed by atoms with Gasteiger partial charge in [0, 0.05) is 6.04 Å². The average Bonchev–Trinajstić information content (AvgIpc) is 2.41. The molecule has 1 saturated carbocycles. The maximum absolute atomic E-state index is 13.1. The first-order valence-electron chi connectivity index (χ1n) is 7.24. The Labute approximate surface area is 115 Å². The fourth-order valence-corrected chi connectivity index (χ4v) is 2.95. The van der Waals surface area contributed by atoms with Gasteiger partial charge in [0.05, 0.1) is 0 Å². The van der Waals surface area contributed by atoms with Gasteiger partial charge in [-0.05, 0) is 62.9 Å². The lowest BCUT2D eigenvalue weighted by atomic mass is 9.82. The van der Waals surface area contributed by atoms with Gasteiger partial charge in [0.25, 0.3) is 0 Å². The lowest BCUT2D eigenvalue weighted by Crippen LogP contribution is -2.45. The van der Waals surface area contributed by atoms with Crippen LogP contribution < -0.4 is 10.1 Å². The molecule has 1 fully saturated rings. The first kappa shape index (κ1) is 14.3. The Morgan fingerprint density at radius 3 is 2.79 bits per heavy atom. The van der Waals surface area contributed by atoms with Gasteiger partial charge in [0.15, 0.2) is 0 Å². The van der Waals surface area contributed by atoms with Gasteiger partial charge >= 0.3 is 0 Å². The van der Waals surface area contributed by atoms with Gasteiger partial charge in [-0.2, -0.15) is 0 Å². The summed E-state index contributed by atoms with van der Waals surface area (Å²) >= 11 is 0. The third-order valence-electron chi connectivity index (χ3n) is 4.26. The van der Waals surface area contributed by atoms with Crippen molar-refractivity contribution in [2.24, 2.45) is 5.92 Å². The first-order valence-corrected chi connectivity index (χ1v) is 7.24. The van der Waals surface area contributed by atoms with Crippen molar-refractivity contribution in [3.8, 4) is 5.75 Å². The smallest absolute Gasteiger partial charge is 0.123 e. The van der Waals surface area contributed by atoms with Gasteiger partial charge in [-0.15, -0.1) is 0 Å². The van der Waals surface area contributed by atoms with E-state index in [4.69, 9.17) is 4.74 Å². The maximum atomic E-state index is 13.1. The molecular weight excluding hydrogens is 241 g/mol. The molecule has 0 aromatic heterocycles. The lowest BCUT2D eigenvalue weighted by molar-refractivity contribution is 0.0876. The SMILES string of the molecule is CCC1CCC(NC)C(Oc2ccc(F)cc2C)C1. The van der Waals surface area contributed by atoms with E-state index in [1.807, 2.05) is 14.0 Å². The minimum absolute atomic E-state index is 0.188. The molecule has 3 atom stereocenters. The van der Waals surface area contributed by atoms with Crippen LogP contribution in [0.15, 0.2) is 18.2 Å². The molecule has 0 amide bonds. The minimum Gasteiger partial charge on any atom is -0.489 e. The van der Waals surface area contributed by atoms with Crippen LogP contribution >= 0.6 is 0 Å². The number of halogens is 1. The van der Waals surface area contributed by atoms with Crippen molar-refractivity contribution in [1.82, 2.24) is 5.32 Å². The zero-order valence-corrected chi connectivity index (χ0v) is 12.1. The molecule has 19 heavy (non-hydrogen) atoms. The van der Waals surface area contributed by atoms with Crippen LogP contribution in [0.3, 0.4) is 0 Å². The Hall–Kier alpha value is -1.09. The fourth-order valence-electron chi connectivity index (χ4n) is 2.95. The number of likely N-dealkylation sites (N-methyl/N-ethyl adjacent to an activating group) is 1. The zero-order valence-electron chi connectivity index (χ0n) is 12.1. The Morgan fingerprint density at radius 2 is 2.16 bits per heavy atom. The fraction of sp³-hybridized carbons (Fsp3) is 0.625. The summed E-state index contributed by atoms with van der Waals surface area (Å²) in [6.45, 7) is 4.14. The summed E-state index contributed by atoms with van der Waals surface area (Å²) in [6.07, 6.45) is 4.90. The highest BCUT2D eigenvalue weighted by Crippen LogP contribution is 2.31. The summed E-state index contributed by atoms with van der Waals surface area (Å²) in [5, 5.41) is 3.35. The summed E-state index contributed by atoms with van der Waals surface area (Å²) in [5.41, 5.74) is 0.869. The van der Waals surface area contributed by atoms with E-state index in [2.05, 4.69) is 12.2 Å². The second-order valence-electron chi connectivity index (χ2n) is 5.55. The van der Waals surface area contributed by atoms with Gasteiger partial charge in [-0.3, -0.25) is 0 Å². The Balaban J connectivity index is 2.09. The topological polar surface area (TPSA) is 21.3 Å². The van der Waals surface area contributed by atoms with E-state index in [-0.39, 0.29) is 11.9 Å². The molecular formula is C16H24FNO. The van der Waals surface area contributed by atoms with E-state index in [0.717, 1.165) is 30.1 Å². The maximum Gasteiger partial charge on any atom is 0.123 e. The number of nitrogens with one attached hydrogen (secondary N) is 1. The normalized spacial score (nSPS) is 27.3. The second-order valence-corrected chi connectivity index (χ2v) is 5.55. The van der Waals surface area contributed by atoms with Gasteiger partial charge in [-0.25, -0.2) is 4.39 Å². The van der Waals surface area contributed by atoms with Crippen molar-refractivity contribution in [3.63, 3.8) is 0 Å². The van der Waals surface area contributed by atoms with Crippen LogP contribution in [0.2, 0.25) is 0 Å². The predicted molar refractivity (Wildman–Crippen MR) is 76.0 cm³/mol. The molecule has 1 aliphatic carbocycles. The molecule has 1 aromatic carbocycles. The number of benzene rings is 1. The van der Waals surface area contributed by atoms with Gasteiger partial charge in [0.1, 0.15) is 17.7 Å². The third-order valence-corrected chi connectivity index (χ3v) is 4.26. The summed E-state index contributed by atoms with van der Waals surface area (Å²) in [6, 6.07) is 5.14. The average molecular weight is 265 g/mol. The molecule has 0 radical (unpaired) electrons. The zero-order chi connectivity index (χ0) is 13.8. The summed E-state index contributed by atoms with van der Waals surface area (Å²) < 4.78 is 19.3. The highest BCUT2D eigenvalue weighted by molar-refractivity contribution is 5.32. The van der Waals surface area contributed by atoms with Crippen molar-refractivity contribution in [2.75, 3.05) is 7.05 Å². The van der Waals surface area contributed by atoms with E-state index in [1.54, 1.807) is 6.07 Å². The molecule has 0 saturated heterocycles. The van der Waals surface area contributed by atoms with Crippen molar-refractivity contribution in [1.29, 1.82) is 0 Å². The van der Waals surface area contributed by atoms with E-state index in [9.17, 15) is 4.39 Å². The van der Waals surface area contributed by atoms with Crippen molar-refractivity contribution >= 4 is 0 Å². The van der Waals surface area contributed by atoms with E-state index < -0.39 is 0 Å². The second kappa shape index (κ2) is 6.38. The number of aryl methyl sites for hydroxylation is 1.